The first-order chi connectivity index (χ1) is 14.6. The Kier molecular flexibility index (Phi) is 5.66. The Labute approximate surface area is 170 Å². The monoisotopic (exact) mass is 416 g/mol. The van der Waals surface area contributed by atoms with Crippen LogP contribution in [0.1, 0.15) is 40.7 Å². The maximum atomic E-state index is 13.4. The lowest BCUT2D eigenvalue weighted by atomic mass is 10.1. The van der Waals surface area contributed by atoms with Crippen LogP contribution in [0, 0.1) is 0 Å². The molecule has 0 bridgehead atoms. The summed E-state index contributed by atoms with van der Waals surface area (Å²) in [5.41, 5.74) is 1.28. The highest BCUT2D eigenvalue weighted by atomic mass is 19.3. The lowest BCUT2D eigenvalue weighted by Crippen LogP contribution is -2.26. The Morgan fingerprint density at radius 3 is 2.77 bits per heavy atom. The van der Waals surface area contributed by atoms with E-state index in [1.54, 1.807) is 24.3 Å². The van der Waals surface area contributed by atoms with Crippen LogP contribution in [0.2, 0.25) is 0 Å². The highest BCUT2D eigenvalue weighted by Crippen LogP contribution is 2.35. The highest BCUT2D eigenvalue weighted by molar-refractivity contribution is 5.87. The first-order valence-corrected chi connectivity index (χ1v) is 9.16. The molecular weight excluding hydrogens is 398 g/mol. The van der Waals surface area contributed by atoms with E-state index >= 15 is 0 Å². The second-order valence-corrected chi connectivity index (χ2v) is 6.52. The van der Waals surface area contributed by atoms with Crippen molar-refractivity contribution in [2.24, 2.45) is 0 Å². The molecule has 0 radical (unpaired) electrons. The third-order valence-corrected chi connectivity index (χ3v) is 4.61. The van der Waals surface area contributed by atoms with Crippen molar-refractivity contribution in [2.75, 3.05) is 13.7 Å². The van der Waals surface area contributed by atoms with Gasteiger partial charge in [-0.05, 0) is 29.8 Å². The van der Waals surface area contributed by atoms with Gasteiger partial charge in [-0.15, -0.1) is 0 Å². The van der Waals surface area contributed by atoms with Crippen molar-refractivity contribution >= 4 is 5.97 Å². The number of methoxy groups -OCH3 is 1. The van der Waals surface area contributed by atoms with Crippen LogP contribution in [0.3, 0.4) is 0 Å². The number of carbonyl (C=O) groups excluding carboxylic acids is 1. The van der Waals surface area contributed by atoms with Gasteiger partial charge in [0.1, 0.15) is 18.1 Å². The molecule has 8 nitrogen and oxygen atoms in total. The molecule has 1 fully saturated rings. The zero-order chi connectivity index (χ0) is 21.1. The minimum atomic E-state index is -2.68. The van der Waals surface area contributed by atoms with E-state index < -0.39 is 12.4 Å². The van der Waals surface area contributed by atoms with Crippen molar-refractivity contribution in [3.05, 3.63) is 59.7 Å². The Morgan fingerprint density at radius 2 is 2.13 bits per heavy atom. The van der Waals surface area contributed by atoms with Crippen LogP contribution >= 0.6 is 0 Å². The topological polar surface area (TPSA) is 88.4 Å². The molecule has 0 aliphatic carbocycles. The highest BCUT2D eigenvalue weighted by Gasteiger charge is 2.29. The molecule has 1 saturated heterocycles. The number of hydrogen-bond acceptors (Lipinski definition) is 7. The zero-order valence-corrected chi connectivity index (χ0v) is 16.0. The van der Waals surface area contributed by atoms with E-state index in [-0.39, 0.29) is 29.8 Å². The summed E-state index contributed by atoms with van der Waals surface area (Å²) in [6.45, 7) is 0.741. The second-order valence-electron chi connectivity index (χ2n) is 6.52. The number of alkyl halides is 2. The number of nitrogens with zero attached hydrogens (tertiary/aromatic N) is 4. The second kappa shape index (κ2) is 8.54. The van der Waals surface area contributed by atoms with Gasteiger partial charge in [-0.2, -0.15) is 5.10 Å². The Hall–Kier alpha value is -3.40. The average molecular weight is 416 g/mol. The molecule has 0 amide bonds. The van der Waals surface area contributed by atoms with Crippen LogP contribution in [0.4, 0.5) is 8.78 Å². The number of pyridine rings is 2. The third kappa shape index (κ3) is 3.99. The number of hydrogen-bond donors (Lipinski definition) is 0. The van der Waals surface area contributed by atoms with Crippen molar-refractivity contribution in [2.45, 2.75) is 25.7 Å². The molecule has 10 heteroatoms. The van der Waals surface area contributed by atoms with Crippen LogP contribution in [0.15, 0.2) is 42.9 Å². The van der Waals surface area contributed by atoms with E-state index in [0.717, 1.165) is 11.8 Å². The molecule has 0 aromatic carbocycles. The van der Waals surface area contributed by atoms with Crippen molar-refractivity contribution in [1.82, 2.24) is 19.7 Å². The fourth-order valence-corrected chi connectivity index (χ4v) is 2.99. The predicted molar refractivity (Wildman–Crippen MR) is 99.9 cm³/mol. The number of esters is 1. The maximum absolute atomic E-state index is 13.4. The molecule has 1 aliphatic rings. The van der Waals surface area contributed by atoms with Gasteiger partial charge in [0.15, 0.2) is 6.23 Å². The third-order valence-electron chi connectivity index (χ3n) is 4.61. The predicted octanol–water partition coefficient (Wildman–Crippen LogP) is 3.56. The van der Waals surface area contributed by atoms with E-state index in [0.29, 0.717) is 24.5 Å². The SMILES string of the molecule is COC(=O)c1cc(COc2ccc(-c3c(C(F)F)cnn3C3CCO3)nc2)ccn1. The summed E-state index contributed by atoms with van der Waals surface area (Å²) in [5.74, 6) is -0.0931. The fraction of sp³-hybridized carbons (Fsp3) is 0.300. The Bertz CT molecular complexity index is 1040. The normalized spacial score (nSPS) is 15.7. The molecule has 3 aromatic rings. The molecule has 1 atom stereocenters. The van der Waals surface area contributed by atoms with Crippen LogP contribution in [0.25, 0.3) is 11.4 Å². The number of carbonyl (C=O) groups is 1. The van der Waals surface area contributed by atoms with E-state index in [1.807, 2.05) is 0 Å². The summed E-state index contributed by atoms with van der Waals surface area (Å²) in [7, 11) is 1.28. The van der Waals surface area contributed by atoms with Crippen molar-refractivity contribution in [3.63, 3.8) is 0 Å². The van der Waals surface area contributed by atoms with E-state index in [9.17, 15) is 13.6 Å². The molecule has 156 valence electrons. The quantitative estimate of drug-likeness (QED) is 0.544. The van der Waals surface area contributed by atoms with E-state index in [4.69, 9.17) is 9.47 Å². The zero-order valence-electron chi connectivity index (χ0n) is 16.0. The van der Waals surface area contributed by atoms with Gasteiger partial charge in [0.2, 0.25) is 0 Å². The first kappa shape index (κ1) is 19.9. The molecule has 1 unspecified atom stereocenters. The van der Waals surface area contributed by atoms with Gasteiger partial charge in [0.05, 0.1) is 43.1 Å². The summed E-state index contributed by atoms with van der Waals surface area (Å²) in [6, 6.07) is 6.51. The minimum Gasteiger partial charge on any atom is -0.487 e. The maximum Gasteiger partial charge on any atom is 0.356 e. The summed E-state index contributed by atoms with van der Waals surface area (Å²) in [6.07, 6.45) is 1.75. The van der Waals surface area contributed by atoms with Crippen molar-refractivity contribution in [3.8, 4) is 17.1 Å². The molecule has 0 saturated carbocycles. The van der Waals surface area contributed by atoms with Gasteiger partial charge in [-0.25, -0.2) is 23.2 Å². The minimum absolute atomic E-state index is 0.170. The smallest absolute Gasteiger partial charge is 0.356 e. The van der Waals surface area contributed by atoms with Crippen LogP contribution in [0.5, 0.6) is 5.75 Å². The van der Waals surface area contributed by atoms with Crippen LogP contribution in [-0.2, 0) is 16.1 Å². The van der Waals surface area contributed by atoms with Crippen molar-refractivity contribution in [1.29, 1.82) is 0 Å². The Morgan fingerprint density at radius 1 is 1.30 bits per heavy atom. The number of ether oxygens (including phenoxy) is 3. The summed E-state index contributed by atoms with van der Waals surface area (Å²) in [4.78, 5) is 19.8. The molecule has 3 aromatic heterocycles. The largest absolute Gasteiger partial charge is 0.487 e. The number of halogens is 2. The van der Waals surface area contributed by atoms with Crippen molar-refractivity contribution < 1.29 is 27.8 Å². The van der Waals surface area contributed by atoms with E-state index in [1.165, 1.54) is 24.2 Å². The van der Waals surface area contributed by atoms with Gasteiger partial charge in [-0.1, -0.05) is 0 Å². The molecule has 1 aliphatic heterocycles. The summed E-state index contributed by atoms with van der Waals surface area (Å²) < 4.78 is 44.0. The standard InChI is InChI=1S/C20H18F2N4O4/c1-28-20(27)16-8-12(4-6-23-16)11-30-13-2-3-15(24-9-13)18-14(19(21)22)10-25-26(18)17-5-7-29-17/h2-4,6,8-10,17,19H,5,7,11H2,1H3. The van der Waals surface area contributed by atoms with Crippen LogP contribution in [-0.4, -0.2) is 39.4 Å². The average Bonchev–Trinajstić information content (AvgIpc) is 3.15. The molecule has 0 N–H and O–H groups in total. The molecule has 4 heterocycles. The van der Waals surface area contributed by atoms with Gasteiger partial charge in [-0.3, -0.25) is 4.98 Å². The lowest BCUT2D eigenvalue weighted by molar-refractivity contribution is -0.105. The molecular formula is C20H18F2N4O4. The lowest BCUT2D eigenvalue weighted by Gasteiger charge is -2.28. The first-order valence-electron chi connectivity index (χ1n) is 9.16. The number of aromatic nitrogens is 4. The fourth-order valence-electron chi connectivity index (χ4n) is 2.99. The number of rotatable bonds is 7. The molecule has 0 spiro atoms. The molecule has 30 heavy (non-hydrogen) atoms. The van der Waals surface area contributed by atoms with Gasteiger partial charge >= 0.3 is 5.97 Å². The summed E-state index contributed by atoms with van der Waals surface area (Å²) in [5, 5.41) is 4.06. The molecule has 4 rings (SSSR count). The Balaban J connectivity index is 1.50. The van der Waals surface area contributed by atoms with Gasteiger partial charge < -0.3 is 14.2 Å². The summed E-state index contributed by atoms with van der Waals surface area (Å²) >= 11 is 0. The van der Waals surface area contributed by atoms with E-state index in [2.05, 4.69) is 19.8 Å². The van der Waals surface area contributed by atoms with Gasteiger partial charge in [0.25, 0.3) is 6.43 Å². The van der Waals surface area contributed by atoms with Gasteiger partial charge in [0, 0.05) is 12.6 Å². The van der Waals surface area contributed by atoms with Crippen LogP contribution < -0.4 is 4.74 Å².